The van der Waals surface area contributed by atoms with Gasteiger partial charge in [-0.2, -0.15) is 18.3 Å². The van der Waals surface area contributed by atoms with E-state index in [0.29, 0.717) is 29.5 Å². The number of hydrogen-bond donors (Lipinski definition) is 1. The zero-order chi connectivity index (χ0) is 20.0. The summed E-state index contributed by atoms with van der Waals surface area (Å²) in [6.45, 7) is 5.39. The second-order valence-corrected chi connectivity index (χ2v) is 7.31. The molecular weight excluding hydrogens is 363 g/mol. The Bertz CT molecular complexity index is 885. The lowest BCUT2D eigenvalue weighted by molar-refractivity contribution is -0.143. The molecule has 0 atom stereocenters. The molecule has 0 saturated carbocycles. The minimum absolute atomic E-state index is 0.0214. The highest BCUT2D eigenvalue weighted by atomic mass is 19.4. The predicted octanol–water partition coefficient (Wildman–Crippen LogP) is 3.46. The smallest absolute Gasteiger partial charge is 0.434 e. The Morgan fingerprint density at radius 1 is 1.19 bits per heavy atom. The molecule has 27 heavy (non-hydrogen) atoms. The van der Waals surface area contributed by atoms with Crippen LogP contribution in [0.3, 0.4) is 0 Å². The molecule has 3 rings (SSSR count). The Kier molecular flexibility index (Phi) is 4.49. The van der Waals surface area contributed by atoms with Gasteiger partial charge in [-0.25, -0.2) is 9.48 Å². The zero-order valence-electron chi connectivity index (χ0n) is 14.7. The minimum Gasteiger partial charge on any atom is -0.478 e. The number of hydrogen-bond acceptors (Lipinski definition) is 3. The van der Waals surface area contributed by atoms with Gasteiger partial charge in [0.2, 0.25) is 0 Å². The summed E-state index contributed by atoms with van der Waals surface area (Å²) in [6.07, 6.45) is -3.34. The van der Waals surface area contributed by atoms with Crippen LogP contribution in [-0.2, 0) is 6.18 Å². The second kappa shape index (κ2) is 6.40. The second-order valence-electron chi connectivity index (χ2n) is 7.31. The van der Waals surface area contributed by atoms with Crippen LogP contribution in [-0.4, -0.2) is 44.8 Å². The number of nitrogens with zero attached hydrogens (tertiary/aromatic N) is 3. The lowest BCUT2D eigenvalue weighted by Crippen LogP contribution is -2.30. The van der Waals surface area contributed by atoms with E-state index in [1.807, 2.05) is 0 Å². The van der Waals surface area contributed by atoms with Gasteiger partial charge in [0.25, 0.3) is 5.91 Å². The molecule has 0 aliphatic carbocycles. The highest BCUT2D eigenvalue weighted by Gasteiger charge is 2.40. The van der Waals surface area contributed by atoms with Crippen molar-refractivity contribution in [2.24, 2.45) is 5.41 Å². The van der Waals surface area contributed by atoms with E-state index in [9.17, 15) is 22.8 Å². The van der Waals surface area contributed by atoms with Crippen LogP contribution in [0.15, 0.2) is 30.5 Å². The van der Waals surface area contributed by atoms with Crippen LogP contribution in [0, 0.1) is 5.41 Å². The zero-order valence-corrected chi connectivity index (χ0v) is 14.7. The number of carboxylic acid groups (broad SMARTS) is 1. The average molecular weight is 381 g/mol. The van der Waals surface area contributed by atoms with Gasteiger partial charge in [-0.1, -0.05) is 13.8 Å². The number of aromatic carboxylic acids is 1. The van der Waals surface area contributed by atoms with Crippen molar-refractivity contribution < 1.29 is 27.9 Å². The van der Waals surface area contributed by atoms with Crippen LogP contribution in [0.4, 0.5) is 13.2 Å². The number of likely N-dealkylation sites (tertiary alicyclic amines) is 1. The van der Waals surface area contributed by atoms with Crippen molar-refractivity contribution in [3.05, 3.63) is 47.3 Å². The summed E-state index contributed by atoms with van der Waals surface area (Å²) in [7, 11) is 0. The van der Waals surface area contributed by atoms with Gasteiger partial charge in [0.15, 0.2) is 5.69 Å². The summed E-state index contributed by atoms with van der Waals surface area (Å²) < 4.78 is 40.4. The largest absolute Gasteiger partial charge is 0.478 e. The molecule has 6 nitrogen and oxygen atoms in total. The molecule has 144 valence electrons. The van der Waals surface area contributed by atoms with Crippen LogP contribution in [0.25, 0.3) is 5.69 Å². The number of carbonyl (C=O) groups excluding carboxylic acids is 1. The Morgan fingerprint density at radius 3 is 2.30 bits per heavy atom. The summed E-state index contributed by atoms with van der Waals surface area (Å²) in [5.74, 6) is -1.90. The molecule has 1 saturated heterocycles. The molecule has 0 bridgehead atoms. The Hall–Kier alpha value is -2.84. The summed E-state index contributed by atoms with van der Waals surface area (Å²) in [6, 6.07) is 5.49. The fourth-order valence-corrected chi connectivity index (χ4v) is 3.19. The first-order valence-electron chi connectivity index (χ1n) is 8.28. The lowest BCUT2D eigenvalue weighted by Gasteiger charge is -2.20. The quantitative estimate of drug-likeness (QED) is 0.884. The number of benzene rings is 1. The Balaban J connectivity index is 1.91. The summed E-state index contributed by atoms with van der Waals surface area (Å²) in [5, 5.41) is 12.5. The number of carboxylic acids is 1. The molecule has 1 fully saturated rings. The van der Waals surface area contributed by atoms with E-state index in [4.69, 9.17) is 5.11 Å². The first kappa shape index (κ1) is 18.9. The van der Waals surface area contributed by atoms with Gasteiger partial charge in [-0.05, 0) is 36.1 Å². The van der Waals surface area contributed by atoms with Crippen molar-refractivity contribution in [2.75, 3.05) is 13.1 Å². The minimum atomic E-state index is -4.89. The van der Waals surface area contributed by atoms with E-state index < -0.39 is 23.4 Å². The fraction of sp³-hybridized carbons (Fsp3) is 0.389. The van der Waals surface area contributed by atoms with Crippen LogP contribution in [0.2, 0.25) is 0 Å². The molecular formula is C18H18F3N3O3. The van der Waals surface area contributed by atoms with Gasteiger partial charge in [0.1, 0.15) is 5.56 Å². The Labute approximate surface area is 153 Å². The molecule has 0 spiro atoms. The van der Waals surface area contributed by atoms with Gasteiger partial charge >= 0.3 is 12.1 Å². The SMILES string of the molecule is CC1(C)CCN(C(=O)c2ccc(-n3ncc(C(=O)O)c3C(F)(F)F)cc2)C1. The summed E-state index contributed by atoms with van der Waals surface area (Å²) >= 11 is 0. The molecule has 9 heteroatoms. The van der Waals surface area contributed by atoms with Crippen molar-refractivity contribution in [2.45, 2.75) is 26.4 Å². The normalized spacial score (nSPS) is 16.6. The van der Waals surface area contributed by atoms with Gasteiger partial charge in [-0.15, -0.1) is 0 Å². The van der Waals surface area contributed by atoms with Gasteiger partial charge in [0, 0.05) is 18.7 Å². The molecule has 2 heterocycles. The highest BCUT2D eigenvalue weighted by molar-refractivity contribution is 5.94. The van der Waals surface area contributed by atoms with Crippen molar-refractivity contribution in [1.82, 2.24) is 14.7 Å². The van der Waals surface area contributed by atoms with E-state index in [2.05, 4.69) is 18.9 Å². The lowest BCUT2D eigenvalue weighted by atomic mass is 9.93. The number of aromatic nitrogens is 2. The summed E-state index contributed by atoms with van der Waals surface area (Å²) in [5.41, 5.74) is -1.87. The molecule has 1 aromatic carbocycles. The third-order valence-corrected chi connectivity index (χ3v) is 4.59. The fourth-order valence-electron chi connectivity index (χ4n) is 3.19. The van der Waals surface area contributed by atoms with Crippen LogP contribution < -0.4 is 0 Å². The van der Waals surface area contributed by atoms with Gasteiger partial charge in [0.05, 0.1) is 11.9 Å². The van der Waals surface area contributed by atoms with Crippen molar-refractivity contribution in [3.63, 3.8) is 0 Å². The van der Waals surface area contributed by atoms with Crippen molar-refractivity contribution in [3.8, 4) is 5.69 Å². The number of rotatable bonds is 3. The Morgan fingerprint density at radius 2 is 1.81 bits per heavy atom. The van der Waals surface area contributed by atoms with E-state index in [-0.39, 0.29) is 17.0 Å². The van der Waals surface area contributed by atoms with Crippen molar-refractivity contribution >= 4 is 11.9 Å². The van der Waals surface area contributed by atoms with Gasteiger partial charge < -0.3 is 10.0 Å². The molecule has 0 radical (unpaired) electrons. The van der Waals surface area contributed by atoms with E-state index >= 15 is 0 Å². The molecule has 1 aliphatic heterocycles. The van der Waals surface area contributed by atoms with Crippen LogP contribution in [0.1, 0.15) is 46.7 Å². The maximum atomic E-state index is 13.3. The monoisotopic (exact) mass is 381 g/mol. The average Bonchev–Trinajstić information content (AvgIpc) is 3.17. The molecule has 1 aliphatic rings. The molecule has 1 N–H and O–H groups in total. The van der Waals surface area contributed by atoms with Gasteiger partial charge in [-0.3, -0.25) is 4.79 Å². The first-order valence-corrected chi connectivity index (χ1v) is 8.28. The number of carbonyl (C=O) groups is 2. The molecule has 1 aromatic heterocycles. The molecule has 1 amide bonds. The highest BCUT2D eigenvalue weighted by Crippen LogP contribution is 2.34. The summed E-state index contributed by atoms with van der Waals surface area (Å²) in [4.78, 5) is 25.3. The molecule has 2 aromatic rings. The van der Waals surface area contributed by atoms with E-state index in [1.54, 1.807) is 4.90 Å². The van der Waals surface area contributed by atoms with Crippen LogP contribution in [0.5, 0.6) is 0 Å². The third-order valence-electron chi connectivity index (χ3n) is 4.59. The first-order chi connectivity index (χ1) is 12.5. The maximum absolute atomic E-state index is 13.3. The van der Waals surface area contributed by atoms with E-state index in [0.717, 1.165) is 6.42 Å². The predicted molar refractivity (Wildman–Crippen MR) is 89.8 cm³/mol. The van der Waals surface area contributed by atoms with Crippen molar-refractivity contribution in [1.29, 1.82) is 0 Å². The van der Waals surface area contributed by atoms with Crippen LogP contribution >= 0.6 is 0 Å². The number of amides is 1. The number of halogens is 3. The number of alkyl halides is 3. The van der Waals surface area contributed by atoms with E-state index in [1.165, 1.54) is 24.3 Å². The third kappa shape index (κ3) is 3.67. The molecule has 0 unspecified atom stereocenters. The topological polar surface area (TPSA) is 75.4 Å². The standard InChI is InChI=1S/C18H18F3N3O3/c1-17(2)7-8-23(10-17)15(25)11-3-5-12(6-4-11)24-14(18(19,20)21)13(9-22-24)16(26)27/h3-6,9H,7-8,10H2,1-2H3,(H,26,27). The maximum Gasteiger partial charge on any atom is 0.434 e.